The van der Waals surface area contributed by atoms with E-state index in [4.69, 9.17) is 20.4 Å². The topological polar surface area (TPSA) is 162 Å². The molecule has 0 aromatic heterocycles. The monoisotopic (exact) mass is 516 g/mol. The van der Waals surface area contributed by atoms with Gasteiger partial charge in [-0.1, -0.05) is 0 Å². The molecule has 12 nitrogen and oxygen atoms in total. The van der Waals surface area contributed by atoms with Gasteiger partial charge in [-0.2, -0.15) is 0 Å². The van der Waals surface area contributed by atoms with E-state index < -0.39 is 23.9 Å². The highest BCUT2D eigenvalue weighted by molar-refractivity contribution is 5.67. The third-order valence-electron chi connectivity index (χ3n) is 6.36. The zero-order valence-corrected chi connectivity index (χ0v) is 21.4. The molecule has 208 valence electrons. The molecule has 1 rings (SSSR count). The van der Waals surface area contributed by atoms with Crippen LogP contribution in [0.5, 0.6) is 0 Å². The van der Waals surface area contributed by atoms with E-state index in [1.165, 1.54) is 0 Å². The summed E-state index contributed by atoms with van der Waals surface area (Å²) in [5.74, 6) is -3.39. The molecule has 0 saturated carbocycles. The minimum Gasteiger partial charge on any atom is -0.481 e. The predicted octanol–water partition coefficient (Wildman–Crippen LogP) is 0.667. The lowest BCUT2D eigenvalue weighted by atomic mass is 10.2. The molecule has 0 amide bonds. The third-order valence-corrected chi connectivity index (χ3v) is 6.36. The first-order chi connectivity index (χ1) is 17.2. The summed E-state index contributed by atoms with van der Waals surface area (Å²) in [4.78, 5) is 52.9. The van der Waals surface area contributed by atoms with Crippen LogP contribution in [-0.4, -0.2) is 142 Å². The lowest BCUT2D eigenvalue weighted by Gasteiger charge is -2.29. The number of hydrogen-bond acceptors (Lipinski definition) is 8. The molecule has 12 heteroatoms. The fourth-order valence-electron chi connectivity index (χ4n) is 4.43. The van der Waals surface area contributed by atoms with Gasteiger partial charge in [0.1, 0.15) is 0 Å². The lowest BCUT2D eigenvalue weighted by Crippen LogP contribution is -2.38. The first kappa shape index (κ1) is 31.7. The molecule has 0 aromatic rings. The normalized spacial score (nSPS) is 19.1. The predicted molar refractivity (Wildman–Crippen MR) is 133 cm³/mol. The molecule has 0 unspecified atom stereocenters. The Hall–Kier alpha value is -2.28. The first-order valence-electron chi connectivity index (χ1n) is 12.9. The number of rotatable bonds is 12. The second kappa shape index (κ2) is 18.9. The molecule has 0 bridgehead atoms. The molecular formula is C24H44N4O8. The molecule has 4 N–H and O–H groups in total. The standard InChI is InChI=1S/C24H44N4O8/c29-21(30)5-17-25-9-1-10-26(18-6-22(31)32)12-3-14-28(20-8-24(35)36)16-4-15-27(13-2-11-25)19-7-23(33)34/h1-20H2,(H,29,30)(H,31,32)(H,33,34)(H,35,36). The van der Waals surface area contributed by atoms with Crippen LogP contribution in [0.1, 0.15) is 51.4 Å². The molecule has 1 heterocycles. The number of hydrogen-bond donors (Lipinski definition) is 4. The van der Waals surface area contributed by atoms with E-state index in [2.05, 4.69) is 19.6 Å². The Morgan fingerprint density at radius 1 is 0.389 bits per heavy atom. The van der Waals surface area contributed by atoms with E-state index in [-0.39, 0.29) is 25.7 Å². The largest absolute Gasteiger partial charge is 0.481 e. The van der Waals surface area contributed by atoms with Crippen LogP contribution in [-0.2, 0) is 19.2 Å². The van der Waals surface area contributed by atoms with Crippen molar-refractivity contribution < 1.29 is 39.6 Å². The Morgan fingerprint density at radius 3 is 0.694 bits per heavy atom. The lowest BCUT2D eigenvalue weighted by molar-refractivity contribution is -0.138. The third kappa shape index (κ3) is 17.2. The molecule has 1 aliphatic rings. The van der Waals surface area contributed by atoms with Gasteiger partial charge in [0.15, 0.2) is 0 Å². The summed E-state index contributed by atoms with van der Waals surface area (Å²) < 4.78 is 0. The zero-order chi connectivity index (χ0) is 26.8. The van der Waals surface area contributed by atoms with Crippen molar-refractivity contribution in [2.45, 2.75) is 51.4 Å². The van der Waals surface area contributed by atoms with Crippen molar-refractivity contribution in [3.63, 3.8) is 0 Å². The van der Waals surface area contributed by atoms with Crippen LogP contribution in [0.25, 0.3) is 0 Å². The Balaban J connectivity index is 2.86. The molecule has 0 aliphatic carbocycles. The summed E-state index contributed by atoms with van der Waals surface area (Å²) in [6, 6.07) is 0. The molecule has 0 atom stereocenters. The SMILES string of the molecule is O=C(O)CCN1CCCN(CCC(=O)O)CCCN(CCC(=O)O)CCCN(CCC(=O)O)CCC1. The fourth-order valence-corrected chi connectivity index (χ4v) is 4.43. The maximum Gasteiger partial charge on any atom is 0.304 e. The van der Waals surface area contributed by atoms with Gasteiger partial charge < -0.3 is 40.0 Å². The smallest absolute Gasteiger partial charge is 0.304 e. The van der Waals surface area contributed by atoms with Crippen molar-refractivity contribution in [3.05, 3.63) is 0 Å². The number of aliphatic carboxylic acids is 4. The van der Waals surface area contributed by atoms with E-state index in [0.29, 0.717) is 78.5 Å². The minimum atomic E-state index is -0.847. The van der Waals surface area contributed by atoms with Gasteiger partial charge in [-0.3, -0.25) is 19.2 Å². The van der Waals surface area contributed by atoms with Crippen molar-refractivity contribution in [3.8, 4) is 0 Å². The summed E-state index contributed by atoms with van der Waals surface area (Å²) in [5.41, 5.74) is 0. The highest BCUT2D eigenvalue weighted by Crippen LogP contribution is 2.07. The van der Waals surface area contributed by atoms with Crippen molar-refractivity contribution in [2.75, 3.05) is 78.5 Å². The molecule has 1 aliphatic heterocycles. The molecule has 1 fully saturated rings. The summed E-state index contributed by atoms with van der Waals surface area (Å²) in [6.07, 6.45) is 3.34. The number of nitrogens with zero attached hydrogens (tertiary/aromatic N) is 4. The van der Waals surface area contributed by atoms with Gasteiger partial charge in [-0.15, -0.1) is 0 Å². The van der Waals surface area contributed by atoms with Gasteiger partial charge in [0.05, 0.1) is 25.7 Å². The molecule has 0 radical (unpaired) electrons. The van der Waals surface area contributed by atoms with Gasteiger partial charge in [-0.25, -0.2) is 0 Å². The van der Waals surface area contributed by atoms with Gasteiger partial charge in [0.2, 0.25) is 0 Å². The van der Waals surface area contributed by atoms with E-state index in [9.17, 15) is 19.2 Å². The number of carboxylic acid groups (broad SMARTS) is 4. The average Bonchev–Trinajstić information content (AvgIpc) is 2.80. The van der Waals surface area contributed by atoms with Crippen molar-refractivity contribution >= 4 is 23.9 Å². The Morgan fingerprint density at radius 2 is 0.556 bits per heavy atom. The van der Waals surface area contributed by atoms with Crippen molar-refractivity contribution in [1.82, 2.24) is 19.6 Å². The summed E-state index contributed by atoms with van der Waals surface area (Å²) in [5, 5.41) is 36.4. The van der Waals surface area contributed by atoms with E-state index in [1.807, 2.05) is 0 Å². The van der Waals surface area contributed by atoms with Crippen LogP contribution in [0.15, 0.2) is 0 Å². The maximum absolute atomic E-state index is 11.1. The van der Waals surface area contributed by atoms with Crippen LogP contribution in [0, 0.1) is 0 Å². The molecule has 1 saturated heterocycles. The zero-order valence-electron chi connectivity index (χ0n) is 21.4. The molecule has 0 aromatic carbocycles. The van der Waals surface area contributed by atoms with Gasteiger partial charge >= 0.3 is 23.9 Å². The Labute approximate surface area is 213 Å². The number of carbonyl (C=O) groups is 4. The fraction of sp³-hybridized carbons (Fsp3) is 0.833. The summed E-state index contributed by atoms with van der Waals surface area (Å²) >= 11 is 0. The van der Waals surface area contributed by atoms with Crippen LogP contribution in [0.3, 0.4) is 0 Å². The van der Waals surface area contributed by atoms with Crippen molar-refractivity contribution in [1.29, 1.82) is 0 Å². The van der Waals surface area contributed by atoms with E-state index >= 15 is 0 Å². The van der Waals surface area contributed by atoms with Crippen molar-refractivity contribution in [2.24, 2.45) is 0 Å². The van der Waals surface area contributed by atoms with Gasteiger partial charge in [0.25, 0.3) is 0 Å². The second-order valence-electron chi connectivity index (χ2n) is 9.36. The first-order valence-corrected chi connectivity index (χ1v) is 12.9. The molecule has 36 heavy (non-hydrogen) atoms. The van der Waals surface area contributed by atoms with Crippen LogP contribution < -0.4 is 0 Å². The second-order valence-corrected chi connectivity index (χ2v) is 9.36. The molecular weight excluding hydrogens is 472 g/mol. The number of carboxylic acids is 4. The Kier molecular flexibility index (Phi) is 16.7. The summed E-state index contributed by atoms with van der Waals surface area (Å²) in [7, 11) is 0. The van der Waals surface area contributed by atoms with Gasteiger partial charge in [0, 0.05) is 26.2 Å². The van der Waals surface area contributed by atoms with Crippen LogP contribution >= 0.6 is 0 Å². The van der Waals surface area contributed by atoms with Crippen LogP contribution in [0.2, 0.25) is 0 Å². The minimum absolute atomic E-state index is 0.0532. The maximum atomic E-state index is 11.1. The average molecular weight is 517 g/mol. The van der Waals surface area contributed by atoms with Gasteiger partial charge in [-0.05, 0) is 78.0 Å². The molecule has 0 spiro atoms. The highest BCUT2D eigenvalue weighted by atomic mass is 16.4. The van der Waals surface area contributed by atoms with Crippen LogP contribution in [0.4, 0.5) is 0 Å². The quantitative estimate of drug-likeness (QED) is 0.287. The summed E-state index contributed by atoms with van der Waals surface area (Å²) in [6.45, 7) is 7.41. The van der Waals surface area contributed by atoms with E-state index in [0.717, 1.165) is 25.7 Å². The Bertz CT molecular complexity index is 551. The van der Waals surface area contributed by atoms with E-state index in [1.54, 1.807) is 0 Å². The highest BCUT2D eigenvalue weighted by Gasteiger charge is 2.15.